The average Bonchev–Trinajstić information content (AvgIpc) is 3.94. The number of rotatable bonds is 4. The van der Waals surface area contributed by atoms with Gasteiger partial charge in [-0.25, -0.2) is 0 Å². The molecule has 0 atom stereocenters. The Morgan fingerprint density at radius 1 is 0.519 bits per heavy atom. The summed E-state index contributed by atoms with van der Waals surface area (Å²) in [4.78, 5) is 0. The van der Waals surface area contributed by atoms with Gasteiger partial charge in [-0.3, -0.25) is 0 Å². The van der Waals surface area contributed by atoms with E-state index >= 15 is 0 Å². The summed E-state index contributed by atoms with van der Waals surface area (Å²) in [6.45, 7) is 20.4. The first-order valence-corrected chi connectivity index (χ1v) is 19.7. The van der Waals surface area contributed by atoms with E-state index in [1.54, 1.807) is 11.1 Å². The molecule has 6 aromatic carbocycles. The molecule has 0 unspecified atom stereocenters. The second kappa shape index (κ2) is 20.1. The van der Waals surface area contributed by atoms with E-state index < -0.39 is 0 Å². The Morgan fingerprint density at radius 3 is 1.13 bits per heavy atom. The molecule has 0 heterocycles. The summed E-state index contributed by atoms with van der Waals surface area (Å²) in [5.74, 6) is 1.57. The van der Waals surface area contributed by atoms with Gasteiger partial charge in [-0.05, 0) is 70.6 Å². The molecule has 54 heavy (non-hydrogen) atoms. The third kappa shape index (κ3) is 10.9. The largest absolute Gasteiger partial charge is 1.00 e. The fraction of sp³-hybridized carbons (Fsp3) is 0.373. The Morgan fingerprint density at radius 2 is 0.833 bits per heavy atom. The third-order valence-corrected chi connectivity index (χ3v) is 11.3. The molecule has 3 heteroatoms. The van der Waals surface area contributed by atoms with Crippen LogP contribution in [-0.2, 0) is 36.7 Å². The summed E-state index contributed by atoms with van der Waals surface area (Å²) in [7, 11) is 0. The van der Waals surface area contributed by atoms with Crippen LogP contribution in [0.25, 0.3) is 43.8 Å². The van der Waals surface area contributed by atoms with Crippen molar-refractivity contribution in [3.8, 4) is 22.3 Å². The second-order valence-corrected chi connectivity index (χ2v) is 17.2. The summed E-state index contributed by atoms with van der Waals surface area (Å²) in [6.07, 6.45) is 11.8. The first-order chi connectivity index (χ1) is 24.5. The van der Waals surface area contributed by atoms with Crippen molar-refractivity contribution in [2.75, 3.05) is 0 Å². The molecule has 2 aliphatic rings. The predicted octanol–water partition coefficient (Wildman–Crippen LogP) is 9.41. The molecule has 8 rings (SSSR count). The molecule has 2 aliphatic carbocycles. The van der Waals surface area contributed by atoms with E-state index in [1.165, 1.54) is 106 Å². The summed E-state index contributed by atoms with van der Waals surface area (Å²) in [5.41, 5.74) is 11.7. The van der Waals surface area contributed by atoms with Gasteiger partial charge in [0.25, 0.3) is 0 Å². The van der Waals surface area contributed by atoms with Crippen LogP contribution in [0.5, 0.6) is 0 Å². The molecule has 2 fully saturated rings. The van der Waals surface area contributed by atoms with E-state index in [9.17, 15) is 0 Å². The molecule has 0 aliphatic heterocycles. The van der Waals surface area contributed by atoms with Crippen molar-refractivity contribution in [2.45, 2.75) is 122 Å². The quantitative estimate of drug-likeness (QED) is 0.122. The Balaban J connectivity index is 0.000000257. The molecule has 0 radical (unpaired) electrons. The molecular weight excluding hydrogens is 862 g/mol. The number of benzene rings is 4. The van der Waals surface area contributed by atoms with Gasteiger partial charge in [0, 0.05) is 25.8 Å². The zero-order valence-electron chi connectivity index (χ0n) is 33.6. The van der Waals surface area contributed by atoms with Crippen molar-refractivity contribution in [3.05, 3.63) is 145 Å². The van der Waals surface area contributed by atoms with E-state index in [0.717, 1.165) is 18.3 Å². The number of hydrogen-bond acceptors (Lipinski definition) is 0. The van der Waals surface area contributed by atoms with Gasteiger partial charge in [0.05, 0.1) is 0 Å². The van der Waals surface area contributed by atoms with Crippen LogP contribution in [-0.4, -0.2) is 0 Å². The van der Waals surface area contributed by atoms with Gasteiger partial charge in [0.1, 0.15) is 0 Å². The van der Waals surface area contributed by atoms with Gasteiger partial charge in [0.15, 0.2) is 0 Å². The minimum Gasteiger partial charge on any atom is -1.00 e. The molecule has 6 aromatic rings. The molecular formula is C51H60Cl2Hf-6. The maximum Gasteiger partial charge on any atom is 0 e. The van der Waals surface area contributed by atoms with Gasteiger partial charge in [0.2, 0.25) is 0 Å². The SMILES string of the molecule is CC(C)(C)c1ccc(-c2cccc3[cH-]c(C4CCCC4)cc23)cc1.CC(C)(C)c1ccc(-c2cccc3[cH-]c(C4CCCC4)cc23)cc1.[CH2-]C[CH2-].[Cl-].[Cl-].[Hf]. The predicted molar refractivity (Wildman–Crippen MR) is 225 cm³/mol. The maximum atomic E-state index is 3.38. The van der Waals surface area contributed by atoms with Crippen LogP contribution >= 0.6 is 0 Å². The first-order valence-electron chi connectivity index (χ1n) is 19.7. The van der Waals surface area contributed by atoms with Gasteiger partial charge in [-0.2, -0.15) is 12.1 Å². The molecule has 0 aromatic heterocycles. The molecule has 288 valence electrons. The third-order valence-electron chi connectivity index (χ3n) is 11.3. The van der Waals surface area contributed by atoms with E-state index in [0.29, 0.717) is 0 Å². The van der Waals surface area contributed by atoms with Crippen molar-refractivity contribution < 1.29 is 50.7 Å². The Hall–Kier alpha value is -2.45. The molecule has 0 N–H and O–H groups in total. The van der Waals surface area contributed by atoms with Crippen molar-refractivity contribution in [1.29, 1.82) is 0 Å². The van der Waals surface area contributed by atoms with E-state index in [-0.39, 0.29) is 61.5 Å². The average molecular weight is 922 g/mol. The monoisotopic (exact) mass is 922 g/mol. The summed E-state index contributed by atoms with van der Waals surface area (Å²) in [6, 6.07) is 41.6. The molecule has 0 spiro atoms. The molecule has 2 saturated carbocycles. The Bertz CT molecular complexity index is 1850. The van der Waals surface area contributed by atoms with Crippen molar-refractivity contribution in [1.82, 2.24) is 0 Å². The van der Waals surface area contributed by atoms with E-state index in [2.05, 4.69) is 165 Å². The number of halogens is 2. The van der Waals surface area contributed by atoms with Crippen molar-refractivity contribution in [3.63, 3.8) is 0 Å². The van der Waals surface area contributed by atoms with Crippen LogP contribution in [0.3, 0.4) is 0 Å². The second-order valence-electron chi connectivity index (χ2n) is 17.2. The van der Waals surface area contributed by atoms with Gasteiger partial charge < -0.3 is 45.1 Å². The minimum absolute atomic E-state index is 0. The van der Waals surface area contributed by atoms with Crippen LogP contribution in [0, 0.1) is 13.8 Å². The standard InChI is InChI=1S/2C24H27.C3H6.2ClH.Hf/c2*1-24(2,3)21-13-11-18(12-14-21)22-10-6-9-19-15-20(16-23(19)22)17-7-4-5-8-17;1-3-2;;;/h2*6,9-17H,4-5,7-8H2,1-3H3;1-3H2;2*1H;/q2*-1;-2;;;/p-2. The topological polar surface area (TPSA) is 0 Å². The van der Waals surface area contributed by atoms with Crippen molar-refractivity contribution >= 4 is 21.5 Å². The molecule has 0 bridgehead atoms. The fourth-order valence-electron chi connectivity index (χ4n) is 8.31. The maximum absolute atomic E-state index is 3.38. The van der Waals surface area contributed by atoms with Gasteiger partial charge in [-0.1, -0.05) is 139 Å². The normalized spacial score (nSPS) is 14.7. The Labute approximate surface area is 359 Å². The minimum atomic E-state index is 0. The van der Waals surface area contributed by atoms with Crippen molar-refractivity contribution in [2.24, 2.45) is 0 Å². The molecule has 0 amide bonds. The van der Waals surface area contributed by atoms with Gasteiger partial charge in [-0.15, -0.1) is 69.1 Å². The summed E-state index contributed by atoms with van der Waals surface area (Å²) < 4.78 is 0. The fourth-order valence-corrected chi connectivity index (χ4v) is 8.31. The van der Waals surface area contributed by atoms with Crippen LogP contribution in [0.2, 0.25) is 0 Å². The zero-order chi connectivity index (χ0) is 36.2. The number of hydrogen-bond donors (Lipinski definition) is 0. The zero-order valence-corrected chi connectivity index (χ0v) is 38.7. The smallest absolute Gasteiger partial charge is 0 e. The molecule has 0 saturated heterocycles. The van der Waals surface area contributed by atoms with Crippen LogP contribution in [0.15, 0.2) is 109 Å². The van der Waals surface area contributed by atoms with Crippen LogP contribution in [0.4, 0.5) is 0 Å². The van der Waals surface area contributed by atoms with E-state index in [4.69, 9.17) is 0 Å². The summed E-state index contributed by atoms with van der Waals surface area (Å²) >= 11 is 0. The Kier molecular flexibility index (Phi) is 17.1. The first kappa shape index (κ1) is 45.9. The number of fused-ring (bicyclic) bond motifs is 2. The van der Waals surface area contributed by atoms with Crippen LogP contribution < -0.4 is 24.8 Å². The van der Waals surface area contributed by atoms with Gasteiger partial charge >= 0.3 is 0 Å². The summed E-state index contributed by atoms with van der Waals surface area (Å²) in [5, 5.41) is 5.63. The molecule has 0 nitrogen and oxygen atoms in total. The van der Waals surface area contributed by atoms with E-state index in [1.807, 2.05) is 0 Å². The van der Waals surface area contributed by atoms with Crippen LogP contribution in [0.1, 0.15) is 133 Å².